The molecule has 1 N–H and O–H groups in total. The van der Waals surface area contributed by atoms with Crippen molar-refractivity contribution in [1.29, 1.82) is 0 Å². The smallest absolute Gasteiger partial charge is 0.433 e. The average Bonchev–Trinajstić information content (AvgIpc) is 2.96. The van der Waals surface area contributed by atoms with Gasteiger partial charge in [-0.3, -0.25) is 0 Å². The van der Waals surface area contributed by atoms with Crippen LogP contribution in [0.15, 0.2) is 28.9 Å². The Labute approximate surface area is 119 Å². The second-order valence-corrected chi connectivity index (χ2v) is 4.28. The predicted molar refractivity (Wildman–Crippen MR) is 72.0 cm³/mol. The standard InChI is InChI=1S/C13H15F3N4O/c1-3-20(8-9-5-4-6-21-9)11-7-10(13(14,15)16)18-12(17-2)19-11/h4-7H,3,8H2,1-2H3,(H,17,18,19). The van der Waals surface area contributed by atoms with Crippen LogP contribution in [0.25, 0.3) is 0 Å². The van der Waals surface area contributed by atoms with Gasteiger partial charge in [-0.15, -0.1) is 0 Å². The van der Waals surface area contributed by atoms with E-state index in [1.807, 2.05) is 6.92 Å². The number of nitrogens with zero attached hydrogens (tertiary/aromatic N) is 3. The lowest BCUT2D eigenvalue weighted by Crippen LogP contribution is -2.24. The summed E-state index contributed by atoms with van der Waals surface area (Å²) in [5.74, 6) is 0.772. The molecule has 0 atom stereocenters. The van der Waals surface area contributed by atoms with Crippen LogP contribution in [0.4, 0.5) is 24.9 Å². The van der Waals surface area contributed by atoms with Crippen LogP contribution in [-0.4, -0.2) is 23.6 Å². The molecule has 114 valence electrons. The first-order chi connectivity index (χ1) is 9.94. The van der Waals surface area contributed by atoms with E-state index in [-0.39, 0.29) is 11.8 Å². The van der Waals surface area contributed by atoms with Gasteiger partial charge in [0.05, 0.1) is 12.8 Å². The molecule has 2 aromatic heterocycles. The number of furan rings is 1. The minimum Gasteiger partial charge on any atom is -0.467 e. The van der Waals surface area contributed by atoms with Crippen molar-refractivity contribution in [2.45, 2.75) is 19.6 Å². The molecule has 2 aromatic rings. The lowest BCUT2D eigenvalue weighted by atomic mass is 10.3. The number of alkyl halides is 3. The number of aromatic nitrogens is 2. The minimum absolute atomic E-state index is 0.0716. The van der Waals surface area contributed by atoms with Crippen molar-refractivity contribution in [2.24, 2.45) is 0 Å². The van der Waals surface area contributed by atoms with E-state index in [0.29, 0.717) is 18.8 Å². The van der Waals surface area contributed by atoms with E-state index in [1.165, 1.54) is 13.3 Å². The molecule has 0 saturated carbocycles. The van der Waals surface area contributed by atoms with E-state index in [2.05, 4.69) is 15.3 Å². The molecule has 0 amide bonds. The second-order valence-electron chi connectivity index (χ2n) is 4.28. The Balaban J connectivity index is 2.35. The fourth-order valence-electron chi connectivity index (χ4n) is 1.80. The van der Waals surface area contributed by atoms with E-state index >= 15 is 0 Å². The quantitative estimate of drug-likeness (QED) is 0.919. The van der Waals surface area contributed by atoms with Crippen LogP contribution in [0.1, 0.15) is 18.4 Å². The van der Waals surface area contributed by atoms with Crippen LogP contribution in [0, 0.1) is 0 Å². The fraction of sp³-hybridized carbons (Fsp3) is 0.385. The van der Waals surface area contributed by atoms with E-state index in [4.69, 9.17) is 4.42 Å². The molecule has 0 unspecified atom stereocenters. The summed E-state index contributed by atoms with van der Waals surface area (Å²) in [6.07, 6.45) is -3.00. The van der Waals surface area contributed by atoms with Gasteiger partial charge in [-0.05, 0) is 19.1 Å². The van der Waals surface area contributed by atoms with Gasteiger partial charge in [0.2, 0.25) is 5.95 Å². The third kappa shape index (κ3) is 3.65. The molecule has 0 saturated heterocycles. The summed E-state index contributed by atoms with van der Waals surface area (Å²) >= 11 is 0. The summed E-state index contributed by atoms with van der Waals surface area (Å²) in [7, 11) is 1.47. The van der Waals surface area contributed by atoms with Crippen LogP contribution in [0.3, 0.4) is 0 Å². The summed E-state index contributed by atoms with van der Waals surface area (Å²) in [4.78, 5) is 9.20. The number of nitrogens with one attached hydrogen (secondary N) is 1. The van der Waals surface area contributed by atoms with Crippen molar-refractivity contribution in [2.75, 3.05) is 23.8 Å². The maximum Gasteiger partial charge on any atom is 0.433 e. The van der Waals surface area contributed by atoms with Gasteiger partial charge < -0.3 is 14.6 Å². The first kappa shape index (κ1) is 15.1. The fourth-order valence-corrected chi connectivity index (χ4v) is 1.80. The van der Waals surface area contributed by atoms with Crippen molar-refractivity contribution in [3.8, 4) is 0 Å². The molecule has 0 fully saturated rings. The van der Waals surface area contributed by atoms with Crippen LogP contribution < -0.4 is 10.2 Å². The van der Waals surface area contributed by atoms with E-state index in [0.717, 1.165) is 6.07 Å². The van der Waals surface area contributed by atoms with Gasteiger partial charge in [0, 0.05) is 19.7 Å². The lowest BCUT2D eigenvalue weighted by Gasteiger charge is -2.22. The highest BCUT2D eigenvalue weighted by Crippen LogP contribution is 2.30. The molecule has 5 nitrogen and oxygen atoms in total. The van der Waals surface area contributed by atoms with Crippen LogP contribution in [-0.2, 0) is 12.7 Å². The van der Waals surface area contributed by atoms with Gasteiger partial charge in [0.15, 0.2) is 5.69 Å². The molecule has 0 aromatic carbocycles. The summed E-state index contributed by atoms with van der Waals surface area (Å²) in [5.41, 5.74) is -0.977. The highest BCUT2D eigenvalue weighted by Gasteiger charge is 2.34. The molecule has 2 heterocycles. The van der Waals surface area contributed by atoms with Crippen molar-refractivity contribution in [3.63, 3.8) is 0 Å². The molecule has 0 spiro atoms. The third-order valence-corrected chi connectivity index (χ3v) is 2.86. The van der Waals surface area contributed by atoms with Crippen molar-refractivity contribution in [1.82, 2.24) is 9.97 Å². The summed E-state index contributed by atoms with van der Waals surface area (Å²) in [6, 6.07) is 4.42. The molecule has 8 heteroatoms. The van der Waals surface area contributed by atoms with Crippen molar-refractivity contribution >= 4 is 11.8 Å². The van der Waals surface area contributed by atoms with E-state index in [1.54, 1.807) is 17.0 Å². The zero-order valence-corrected chi connectivity index (χ0v) is 11.6. The van der Waals surface area contributed by atoms with Crippen LogP contribution in [0.5, 0.6) is 0 Å². The summed E-state index contributed by atoms with van der Waals surface area (Å²) in [5, 5.41) is 2.55. The van der Waals surface area contributed by atoms with Gasteiger partial charge >= 0.3 is 6.18 Å². The number of rotatable bonds is 5. The van der Waals surface area contributed by atoms with Crippen LogP contribution >= 0.6 is 0 Å². The molecule has 0 aliphatic heterocycles. The molecular formula is C13H15F3N4O. The highest BCUT2D eigenvalue weighted by atomic mass is 19.4. The number of hydrogen-bond donors (Lipinski definition) is 1. The van der Waals surface area contributed by atoms with E-state index in [9.17, 15) is 13.2 Å². The Bertz CT molecular complexity index is 584. The lowest BCUT2D eigenvalue weighted by molar-refractivity contribution is -0.141. The first-order valence-corrected chi connectivity index (χ1v) is 6.35. The Morgan fingerprint density at radius 3 is 2.62 bits per heavy atom. The topological polar surface area (TPSA) is 54.2 Å². The third-order valence-electron chi connectivity index (χ3n) is 2.86. The largest absolute Gasteiger partial charge is 0.467 e. The molecule has 0 aliphatic carbocycles. The molecule has 21 heavy (non-hydrogen) atoms. The molecule has 0 bridgehead atoms. The maximum atomic E-state index is 12.9. The Kier molecular flexibility index (Phi) is 4.35. The normalized spacial score (nSPS) is 11.5. The average molecular weight is 300 g/mol. The molecule has 0 aliphatic rings. The molecular weight excluding hydrogens is 285 g/mol. The highest BCUT2D eigenvalue weighted by molar-refractivity contribution is 5.45. The zero-order chi connectivity index (χ0) is 15.5. The number of hydrogen-bond acceptors (Lipinski definition) is 5. The predicted octanol–water partition coefficient (Wildman–Crippen LogP) is 3.16. The van der Waals surface area contributed by atoms with Crippen LogP contribution in [0.2, 0.25) is 0 Å². The molecule has 2 rings (SSSR count). The summed E-state index contributed by atoms with van der Waals surface area (Å²) in [6.45, 7) is 2.65. The maximum absolute atomic E-state index is 12.9. The van der Waals surface area contributed by atoms with Gasteiger partial charge in [0.1, 0.15) is 11.6 Å². The Morgan fingerprint density at radius 2 is 2.10 bits per heavy atom. The Hall–Kier alpha value is -2.25. The zero-order valence-electron chi connectivity index (χ0n) is 11.6. The molecule has 0 radical (unpaired) electrons. The SMILES string of the molecule is CCN(Cc1ccco1)c1cc(C(F)(F)F)nc(NC)n1. The number of halogens is 3. The van der Waals surface area contributed by atoms with Crippen molar-refractivity contribution < 1.29 is 17.6 Å². The minimum atomic E-state index is -4.52. The van der Waals surface area contributed by atoms with Crippen molar-refractivity contribution in [3.05, 3.63) is 35.9 Å². The van der Waals surface area contributed by atoms with Gasteiger partial charge in [-0.2, -0.15) is 18.2 Å². The summed E-state index contributed by atoms with van der Waals surface area (Å²) < 4.78 is 43.8. The van der Waals surface area contributed by atoms with Gasteiger partial charge in [-0.1, -0.05) is 0 Å². The first-order valence-electron chi connectivity index (χ1n) is 6.35. The van der Waals surface area contributed by atoms with E-state index < -0.39 is 11.9 Å². The van der Waals surface area contributed by atoms with Gasteiger partial charge in [0.25, 0.3) is 0 Å². The number of anilines is 2. The Morgan fingerprint density at radius 1 is 1.33 bits per heavy atom. The second kappa shape index (κ2) is 6.02. The monoisotopic (exact) mass is 300 g/mol. The van der Waals surface area contributed by atoms with Gasteiger partial charge in [-0.25, -0.2) is 4.98 Å².